The molecule has 0 atom stereocenters. The molecule has 0 aromatic heterocycles. The van der Waals surface area contributed by atoms with Crippen LogP contribution in [0.1, 0.15) is 11.1 Å². The summed E-state index contributed by atoms with van der Waals surface area (Å²) in [6, 6.07) is 7.65. The maximum Gasteiger partial charge on any atom is 0.262 e. The molecule has 2 rings (SSSR count). The predicted molar refractivity (Wildman–Crippen MR) is 87.6 cm³/mol. The first kappa shape index (κ1) is 15.9. The van der Waals surface area contributed by atoms with Crippen LogP contribution in [0.25, 0.3) is 0 Å². The van der Waals surface area contributed by atoms with Crippen LogP contribution in [0.5, 0.6) is 0 Å². The van der Waals surface area contributed by atoms with Crippen molar-refractivity contribution in [2.45, 2.75) is 18.7 Å². The molecule has 0 aliphatic rings. The third-order valence-electron chi connectivity index (χ3n) is 3.05. The van der Waals surface area contributed by atoms with Gasteiger partial charge in [-0.2, -0.15) is 0 Å². The molecule has 0 aliphatic heterocycles. The quantitative estimate of drug-likeness (QED) is 0.826. The summed E-state index contributed by atoms with van der Waals surface area (Å²) < 4.78 is 27.5. The lowest BCUT2D eigenvalue weighted by molar-refractivity contribution is 0.600. The van der Waals surface area contributed by atoms with Gasteiger partial charge in [0.25, 0.3) is 10.0 Å². The number of nitrogen functional groups attached to an aromatic ring is 1. The third kappa shape index (κ3) is 3.61. The molecule has 0 heterocycles. The van der Waals surface area contributed by atoms with E-state index in [2.05, 4.69) is 4.72 Å². The Kier molecular flexibility index (Phi) is 4.37. The van der Waals surface area contributed by atoms with Crippen LogP contribution in [0.15, 0.2) is 35.2 Å². The minimum Gasteiger partial charge on any atom is -0.399 e. The van der Waals surface area contributed by atoms with Gasteiger partial charge in [0.1, 0.15) is 0 Å². The number of hydrogen-bond acceptors (Lipinski definition) is 3. The molecule has 0 bridgehead atoms. The fraction of sp³-hybridized carbons (Fsp3) is 0.143. The van der Waals surface area contributed by atoms with Gasteiger partial charge in [0.2, 0.25) is 0 Å². The van der Waals surface area contributed by atoms with Gasteiger partial charge in [0, 0.05) is 15.7 Å². The molecule has 21 heavy (non-hydrogen) atoms. The topological polar surface area (TPSA) is 72.2 Å². The number of aryl methyl sites for hydroxylation is 1. The lowest BCUT2D eigenvalue weighted by Crippen LogP contribution is -2.15. The summed E-state index contributed by atoms with van der Waals surface area (Å²) in [5, 5.41) is 0.696. The van der Waals surface area contributed by atoms with E-state index >= 15 is 0 Å². The zero-order valence-corrected chi connectivity index (χ0v) is 13.8. The molecule has 0 amide bonds. The molecule has 7 heteroatoms. The van der Waals surface area contributed by atoms with Crippen molar-refractivity contribution in [3.8, 4) is 0 Å². The van der Waals surface area contributed by atoms with Crippen molar-refractivity contribution >= 4 is 44.6 Å². The second kappa shape index (κ2) is 5.75. The second-order valence-electron chi connectivity index (χ2n) is 4.72. The highest BCUT2D eigenvalue weighted by atomic mass is 35.5. The number of anilines is 2. The fourth-order valence-corrected chi connectivity index (χ4v) is 3.88. The normalized spacial score (nSPS) is 11.4. The van der Waals surface area contributed by atoms with E-state index in [4.69, 9.17) is 28.9 Å². The summed E-state index contributed by atoms with van der Waals surface area (Å²) in [5.41, 5.74) is 7.87. The van der Waals surface area contributed by atoms with Crippen molar-refractivity contribution in [1.29, 1.82) is 0 Å². The fourth-order valence-electron chi connectivity index (χ4n) is 1.96. The monoisotopic (exact) mass is 344 g/mol. The van der Waals surface area contributed by atoms with Gasteiger partial charge in [-0.25, -0.2) is 8.42 Å². The van der Waals surface area contributed by atoms with Crippen molar-refractivity contribution in [2.24, 2.45) is 0 Å². The van der Waals surface area contributed by atoms with Gasteiger partial charge in [0.05, 0.1) is 10.6 Å². The number of benzene rings is 2. The summed E-state index contributed by atoms with van der Waals surface area (Å²) in [5.74, 6) is 0. The van der Waals surface area contributed by atoms with E-state index in [1.54, 1.807) is 19.9 Å². The van der Waals surface area contributed by atoms with Crippen molar-refractivity contribution in [3.63, 3.8) is 0 Å². The lowest BCUT2D eigenvalue weighted by atomic mass is 10.1. The van der Waals surface area contributed by atoms with Gasteiger partial charge < -0.3 is 5.73 Å². The highest BCUT2D eigenvalue weighted by Gasteiger charge is 2.19. The van der Waals surface area contributed by atoms with Crippen LogP contribution < -0.4 is 10.5 Å². The van der Waals surface area contributed by atoms with Crippen LogP contribution >= 0.6 is 23.2 Å². The lowest BCUT2D eigenvalue weighted by Gasteiger charge is -2.13. The highest BCUT2D eigenvalue weighted by molar-refractivity contribution is 7.92. The molecular formula is C14H14Cl2N2O2S. The van der Waals surface area contributed by atoms with E-state index in [1.165, 1.54) is 24.3 Å². The van der Waals surface area contributed by atoms with E-state index in [0.717, 1.165) is 5.56 Å². The van der Waals surface area contributed by atoms with Gasteiger partial charge in [-0.15, -0.1) is 0 Å². The summed E-state index contributed by atoms with van der Waals surface area (Å²) in [6.45, 7) is 3.54. The number of hydrogen-bond donors (Lipinski definition) is 2. The van der Waals surface area contributed by atoms with E-state index in [1.807, 2.05) is 0 Å². The number of rotatable bonds is 3. The Morgan fingerprint density at radius 2 is 1.57 bits per heavy atom. The Labute approximate surface area is 133 Å². The van der Waals surface area contributed by atoms with Crippen LogP contribution in [-0.2, 0) is 10.0 Å². The average Bonchev–Trinajstić information content (AvgIpc) is 2.31. The van der Waals surface area contributed by atoms with E-state index in [9.17, 15) is 8.42 Å². The van der Waals surface area contributed by atoms with Gasteiger partial charge in [0.15, 0.2) is 0 Å². The van der Waals surface area contributed by atoms with Gasteiger partial charge in [-0.3, -0.25) is 4.72 Å². The third-order valence-corrected chi connectivity index (χ3v) is 4.99. The van der Waals surface area contributed by atoms with Crippen LogP contribution in [0.4, 0.5) is 11.4 Å². The Bertz CT molecular complexity index is 785. The van der Waals surface area contributed by atoms with Crippen LogP contribution in [0, 0.1) is 13.8 Å². The molecular weight excluding hydrogens is 331 g/mol. The van der Waals surface area contributed by atoms with Crippen LogP contribution in [0.2, 0.25) is 10.0 Å². The predicted octanol–water partition coefficient (Wildman–Crippen LogP) is 3.99. The number of nitrogens with two attached hydrogens (primary N) is 1. The SMILES string of the molecule is Cc1cc(N)cc(S(=O)(=O)Nc2cc(Cl)cc(Cl)c2)c1C. The number of halogens is 2. The Hall–Kier alpha value is -1.43. The largest absolute Gasteiger partial charge is 0.399 e. The van der Waals surface area contributed by atoms with E-state index in [-0.39, 0.29) is 4.90 Å². The maximum absolute atomic E-state index is 12.5. The number of nitrogens with one attached hydrogen (secondary N) is 1. The Balaban J connectivity index is 2.48. The summed E-state index contributed by atoms with van der Waals surface area (Å²) in [6.07, 6.45) is 0. The molecule has 112 valence electrons. The van der Waals surface area contributed by atoms with Crippen molar-refractivity contribution < 1.29 is 8.42 Å². The van der Waals surface area contributed by atoms with Crippen molar-refractivity contribution in [3.05, 3.63) is 51.5 Å². The molecule has 0 aliphatic carbocycles. The summed E-state index contributed by atoms with van der Waals surface area (Å²) in [7, 11) is -3.77. The molecule has 0 unspecified atom stereocenters. The van der Waals surface area contributed by atoms with Gasteiger partial charge >= 0.3 is 0 Å². The summed E-state index contributed by atoms with van der Waals surface area (Å²) in [4.78, 5) is 0.135. The Morgan fingerprint density at radius 1 is 1.00 bits per heavy atom. The second-order valence-corrected chi connectivity index (χ2v) is 7.25. The first-order chi connectivity index (χ1) is 9.69. The standard InChI is InChI=1S/C14H14Cl2N2O2S/c1-8-3-12(17)7-14(9(8)2)21(19,20)18-13-5-10(15)4-11(16)6-13/h3-7,18H,17H2,1-2H3. The highest BCUT2D eigenvalue weighted by Crippen LogP contribution is 2.27. The molecule has 3 N–H and O–H groups in total. The van der Waals surface area contributed by atoms with Gasteiger partial charge in [-0.1, -0.05) is 23.2 Å². The minimum absolute atomic E-state index is 0.135. The molecule has 0 radical (unpaired) electrons. The van der Waals surface area contributed by atoms with E-state index < -0.39 is 10.0 Å². The van der Waals surface area contributed by atoms with Gasteiger partial charge in [-0.05, 0) is 55.3 Å². The first-order valence-electron chi connectivity index (χ1n) is 6.04. The molecule has 2 aromatic rings. The average molecular weight is 345 g/mol. The molecule has 0 saturated heterocycles. The van der Waals surface area contributed by atoms with Crippen LogP contribution in [-0.4, -0.2) is 8.42 Å². The molecule has 2 aromatic carbocycles. The minimum atomic E-state index is -3.77. The Morgan fingerprint density at radius 3 is 2.14 bits per heavy atom. The zero-order valence-electron chi connectivity index (χ0n) is 11.4. The molecule has 4 nitrogen and oxygen atoms in total. The summed E-state index contributed by atoms with van der Waals surface area (Å²) >= 11 is 11.7. The van der Waals surface area contributed by atoms with Crippen molar-refractivity contribution in [2.75, 3.05) is 10.5 Å². The maximum atomic E-state index is 12.5. The molecule has 0 spiro atoms. The molecule has 0 fully saturated rings. The van der Waals surface area contributed by atoms with E-state index in [0.29, 0.717) is 27.0 Å². The first-order valence-corrected chi connectivity index (χ1v) is 8.28. The molecule has 0 saturated carbocycles. The smallest absolute Gasteiger partial charge is 0.262 e. The van der Waals surface area contributed by atoms with Crippen molar-refractivity contribution in [1.82, 2.24) is 0 Å². The zero-order chi connectivity index (χ0) is 15.8. The number of sulfonamides is 1. The van der Waals surface area contributed by atoms with Crippen LogP contribution in [0.3, 0.4) is 0 Å².